The highest BCUT2D eigenvalue weighted by atomic mass is 32.1. The molecule has 1 N–H and O–H groups in total. The second-order valence-corrected chi connectivity index (χ2v) is 7.79. The molecule has 1 fully saturated rings. The largest absolute Gasteiger partial charge is 0.481 e. The van der Waals surface area contributed by atoms with Crippen molar-refractivity contribution in [2.75, 3.05) is 0 Å². The van der Waals surface area contributed by atoms with Gasteiger partial charge in [0.15, 0.2) is 5.78 Å². The van der Waals surface area contributed by atoms with E-state index in [1.54, 1.807) is 5.38 Å². The number of carbonyl (C=O) groups is 3. The monoisotopic (exact) mass is 371 g/mol. The van der Waals surface area contributed by atoms with Crippen molar-refractivity contribution < 1.29 is 19.5 Å². The van der Waals surface area contributed by atoms with Gasteiger partial charge in [-0.25, -0.2) is 4.98 Å². The number of aliphatic carboxylic acids is 1. The van der Waals surface area contributed by atoms with Gasteiger partial charge in [0, 0.05) is 23.3 Å². The maximum Gasteiger partial charge on any atom is 0.309 e. The lowest BCUT2D eigenvalue weighted by atomic mass is 9.78. The number of nitrogens with zero attached hydrogens (tertiary/aromatic N) is 1. The summed E-state index contributed by atoms with van der Waals surface area (Å²) >= 11 is 1.30. The van der Waals surface area contributed by atoms with Crippen molar-refractivity contribution in [2.24, 2.45) is 5.92 Å². The van der Waals surface area contributed by atoms with Crippen LogP contribution < -0.4 is 0 Å². The van der Waals surface area contributed by atoms with Crippen LogP contribution in [0, 0.1) is 12.8 Å². The molecule has 0 bridgehead atoms. The molecule has 0 atom stereocenters. The molecule has 136 valence electrons. The van der Waals surface area contributed by atoms with Crippen molar-refractivity contribution in [3.63, 3.8) is 0 Å². The maximum absolute atomic E-state index is 12.7. The van der Waals surface area contributed by atoms with Crippen LogP contribution in [0.4, 0.5) is 0 Å². The summed E-state index contributed by atoms with van der Waals surface area (Å²) in [5.41, 5.74) is 2.94. The van der Waals surface area contributed by atoms with E-state index in [0.29, 0.717) is 16.3 Å². The van der Waals surface area contributed by atoms with Gasteiger partial charge in [-0.05, 0) is 31.4 Å². The van der Waals surface area contributed by atoms with Gasteiger partial charge in [-0.1, -0.05) is 24.1 Å². The van der Waals surface area contributed by atoms with E-state index in [1.165, 1.54) is 11.3 Å². The Morgan fingerprint density at radius 1 is 1.19 bits per heavy atom. The average molecular weight is 371 g/mol. The van der Waals surface area contributed by atoms with E-state index in [0.717, 1.165) is 30.4 Å². The second-order valence-electron chi connectivity index (χ2n) is 6.85. The van der Waals surface area contributed by atoms with E-state index < -0.39 is 5.97 Å². The van der Waals surface area contributed by atoms with Gasteiger partial charge < -0.3 is 5.11 Å². The minimum absolute atomic E-state index is 0.0206. The number of carboxylic acid groups (broad SMARTS) is 1. The zero-order chi connectivity index (χ0) is 18.7. The summed E-state index contributed by atoms with van der Waals surface area (Å²) in [6.45, 7) is 1.95. The van der Waals surface area contributed by atoms with Crippen molar-refractivity contribution in [3.05, 3.63) is 51.0 Å². The smallest absolute Gasteiger partial charge is 0.309 e. The predicted molar refractivity (Wildman–Crippen MR) is 98.7 cm³/mol. The minimum atomic E-state index is -0.938. The summed E-state index contributed by atoms with van der Waals surface area (Å²) in [5.74, 6) is -0.705. The Morgan fingerprint density at radius 2 is 1.96 bits per heavy atom. The topological polar surface area (TPSA) is 84.3 Å². The molecule has 1 aliphatic carbocycles. The quantitative estimate of drug-likeness (QED) is 0.719. The molecule has 0 unspecified atom stereocenters. The third-order valence-corrected chi connectivity index (χ3v) is 5.57. The number of hydrogen-bond donors (Lipinski definition) is 1. The summed E-state index contributed by atoms with van der Waals surface area (Å²) < 4.78 is 0. The number of Topliss-reactive ketones (excluding diaryl/α,β-unsaturated/α-hetero) is 2. The predicted octanol–water partition coefficient (Wildman–Crippen LogP) is 3.42. The van der Waals surface area contributed by atoms with E-state index in [-0.39, 0.29) is 36.7 Å². The molecule has 6 heteroatoms. The summed E-state index contributed by atoms with van der Waals surface area (Å²) in [4.78, 5) is 40.1. The van der Waals surface area contributed by atoms with Crippen molar-refractivity contribution in [2.45, 2.75) is 45.4 Å². The van der Waals surface area contributed by atoms with Gasteiger partial charge in [0.25, 0.3) is 0 Å². The highest BCUT2D eigenvalue weighted by Gasteiger charge is 2.28. The van der Waals surface area contributed by atoms with Crippen LogP contribution in [-0.4, -0.2) is 27.6 Å². The Labute approximate surface area is 156 Å². The van der Waals surface area contributed by atoms with Crippen molar-refractivity contribution in [1.82, 2.24) is 4.98 Å². The van der Waals surface area contributed by atoms with Gasteiger partial charge in [-0.2, -0.15) is 0 Å². The molecular weight excluding hydrogens is 350 g/mol. The number of thiazole rings is 1. The third kappa shape index (κ3) is 4.43. The second kappa shape index (κ2) is 7.91. The number of aromatic nitrogens is 1. The number of carboxylic acids is 1. The molecule has 0 spiro atoms. The normalized spacial score (nSPS) is 14.0. The van der Waals surface area contributed by atoms with Crippen LogP contribution in [0.25, 0.3) is 0 Å². The van der Waals surface area contributed by atoms with Crippen LogP contribution in [0.15, 0.2) is 23.6 Å². The first-order valence-electron chi connectivity index (χ1n) is 8.73. The van der Waals surface area contributed by atoms with Crippen LogP contribution in [0.1, 0.15) is 51.4 Å². The van der Waals surface area contributed by atoms with E-state index in [4.69, 9.17) is 5.11 Å². The average Bonchev–Trinajstić information content (AvgIpc) is 2.93. The first-order valence-corrected chi connectivity index (χ1v) is 9.61. The molecule has 1 aliphatic rings. The molecule has 26 heavy (non-hydrogen) atoms. The third-order valence-electron chi connectivity index (χ3n) is 4.67. The molecule has 1 aromatic carbocycles. The Balaban J connectivity index is 1.69. The van der Waals surface area contributed by atoms with Gasteiger partial charge >= 0.3 is 5.97 Å². The van der Waals surface area contributed by atoms with E-state index in [9.17, 15) is 14.4 Å². The summed E-state index contributed by atoms with van der Waals surface area (Å²) in [5, 5.41) is 11.1. The van der Waals surface area contributed by atoms with Crippen LogP contribution in [0.2, 0.25) is 0 Å². The van der Waals surface area contributed by atoms with E-state index in [2.05, 4.69) is 4.98 Å². The fourth-order valence-corrected chi connectivity index (χ4v) is 3.90. The van der Waals surface area contributed by atoms with Crippen LogP contribution in [0.5, 0.6) is 0 Å². The van der Waals surface area contributed by atoms with Crippen LogP contribution in [0.3, 0.4) is 0 Å². The molecule has 0 aliphatic heterocycles. The zero-order valence-electron chi connectivity index (χ0n) is 14.7. The maximum atomic E-state index is 12.7. The van der Waals surface area contributed by atoms with Crippen molar-refractivity contribution in [3.8, 4) is 0 Å². The number of aryl methyl sites for hydroxylation is 1. The SMILES string of the molecule is Cc1ccc(CC(=O)Cc2nc(CC(=O)O)cs2)c(C(=O)C2CCC2)c1. The molecule has 0 radical (unpaired) electrons. The lowest BCUT2D eigenvalue weighted by Gasteiger charge is -2.25. The highest BCUT2D eigenvalue weighted by molar-refractivity contribution is 7.09. The zero-order valence-corrected chi connectivity index (χ0v) is 15.5. The first-order chi connectivity index (χ1) is 12.4. The number of carbonyl (C=O) groups excluding carboxylic acids is 2. The molecule has 2 aromatic rings. The number of rotatable bonds is 8. The molecule has 0 amide bonds. The lowest BCUT2D eigenvalue weighted by molar-refractivity contribution is -0.136. The molecular formula is C20H21NO4S. The van der Waals surface area contributed by atoms with E-state index in [1.807, 2.05) is 25.1 Å². The fraction of sp³-hybridized carbons (Fsp3) is 0.400. The molecule has 5 nitrogen and oxygen atoms in total. The fourth-order valence-electron chi connectivity index (χ4n) is 3.07. The minimum Gasteiger partial charge on any atom is -0.481 e. The first kappa shape index (κ1) is 18.5. The summed E-state index contributed by atoms with van der Waals surface area (Å²) in [7, 11) is 0. The van der Waals surface area contributed by atoms with Gasteiger partial charge in [0.05, 0.1) is 18.5 Å². The summed E-state index contributed by atoms with van der Waals surface area (Å²) in [6, 6.07) is 5.68. The molecule has 0 saturated heterocycles. The molecule has 1 heterocycles. The lowest BCUT2D eigenvalue weighted by Crippen LogP contribution is -2.23. The highest BCUT2D eigenvalue weighted by Crippen LogP contribution is 2.31. The Bertz CT molecular complexity index is 851. The van der Waals surface area contributed by atoms with E-state index >= 15 is 0 Å². The Kier molecular flexibility index (Phi) is 5.61. The standard InChI is InChI=1S/C20H21NO4S/c1-12-5-6-14(17(7-12)20(25)13-3-2-4-13)8-16(22)10-18-21-15(11-26-18)9-19(23)24/h5-7,11,13H,2-4,8-10H2,1H3,(H,23,24). The van der Waals surface area contributed by atoms with Crippen LogP contribution >= 0.6 is 11.3 Å². The Morgan fingerprint density at radius 3 is 2.62 bits per heavy atom. The van der Waals surface area contributed by atoms with Gasteiger partial charge in [0.1, 0.15) is 10.8 Å². The van der Waals surface area contributed by atoms with Gasteiger partial charge in [-0.15, -0.1) is 11.3 Å². The van der Waals surface area contributed by atoms with Crippen LogP contribution in [-0.2, 0) is 28.9 Å². The number of ketones is 2. The van der Waals surface area contributed by atoms with Gasteiger partial charge in [-0.3, -0.25) is 14.4 Å². The van der Waals surface area contributed by atoms with Crippen molar-refractivity contribution in [1.29, 1.82) is 0 Å². The van der Waals surface area contributed by atoms with Gasteiger partial charge in [0.2, 0.25) is 0 Å². The van der Waals surface area contributed by atoms with Crippen molar-refractivity contribution >= 4 is 28.9 Å². The molecule has 1 saturated carbocycles. The number of benzene rings is 1. The molecule has 3 rings (SSSR count). The number of hydrogen-bond acceptors (Lipinski definition) is 5. The molecule has 1 aromatic heterocycles. The summed E-state index contributed by atoms with van der Waals surface area (Å²) in [6.07, 6.45) is 3.19. The Hall–Kier alpha value is -2.34.